The minimum absolute atomic E-state index is 0.0394. The quantitative estimate of drug-likeness (QED) is 0.511. The molecule has 0 aliphatic carbocycles. The van der Waals surface area contributed by atoms with Gasteiger partial charge in [-0.05, 0) is 16.7 Å². The number of aliphatic hydroxyl groups excluding tert-OH is 1. The van der Waals surface area contributed by atoms with E-state index in [0.29, 0.717) is 6.42 Å². The van der Waals surface area contributed by atoms with Gasteiger partial charge in [0.1, 0.15) is 11.7 Å². The Balaban J connectivity index is 1.78. The molecule has 4 rings (SSSR count). The number of benzene rings is 3. The van der Waals surface area contributed by atoms with Crippen LogP contribution in [0.3, 0.4) is 0 Å². The molecule has 4 heteroatoms. The topological polar surface area (TPSA) is 55.8 Å². The van der Waals surface area contributed by atoms with Crippen LogP contribution in [0.5, 0.6) is 0 Å². The minimum atomic E-state index is -0.863. The molecule has 1 saturated heterocycles. The van der Waals surface area contributed by atoms with Crippen molar-refractivity contribution in [1.29, 1.82) is 0 Å². The second kappa shape index (κ2) is 8.60. The molecule has 0 spiro atoms. The molecule has 0 aromatic heterocycles. The lowest BCUT2D eigenvalue weighted by atomic mass is 9.80. The third kappa shape index (κ3) is 4.09. The Hall–Kier alpha value is -2.95. The van der Waals surface area contributed by atoms with Gasteiger partial charge in [0.2, 0.25) is 0 Å². The lowest BCUT2D eigenvalue weighted by molar-refractivity contribution is -0.167. The van der Waals surface area contributed by atoms with E-state index in [9.17, 15) is 9.90 Å². The molecule has 0 saturated carbocycles. The number of carbonyl (C=O) groups is 1. The van der Waals surface area contributed by atoms with Crippen LogP contribution in [0.15, 0.2) is 91.0 Å². The first-order valence-corrected chi connectivity index (χ1v) is 9.86. The van der Waals surface area contributed by atoms with Gasteiger partial charge in [-0.3, -0.25) is 4.79 Å². The molecule has 4 nitrogen and oxygen atoms in total. The Morgan fingerprint density at radius 3 is 1.69 bits per heavy atom. The van der Waals surface area contributed by atoms with Gasteiger partial charge in [0.25, 0.3) is 0 Å². The van der Waals surface area contributed by atoms with Gasteiger partial charge in [0.05, 0.1) is 19.1 Å². The first-order valence-electron chi connectivity index (χ1n) is 9.86. The maximum atomic E-state index is 11.8. The Morgan fingerprint density at radius 1 is 0.828 bits per heavy atom. The predicted molar refractivity (Wildman–Crippen MR) is 110 cm³/mol. The van der Waals surface area contributed by atoms with E-state index in [2.05, 4.69) is 0 Å². The van der Waals surface area contributed by atoms with E-state index < -0.39 is 17.8 Å². The number of rotatable bonds is 6. The molecular formula is C25H24O4. The van der Waals surface area contributed by atoms with E-state index in [-0.39, 0.29) is 19.0 Å². The summed E-state index contributed by atoms with van der Waals surface area (Å²) >= 11 is 0. The molecule has 0 unspecified atom stereocenters. The number of ether oxygens (including phenoxy) is 2. The van der Waals surface area contributed by atoms with Crippen LogP contribution in [0.2, 0.25) is 0 Å². The zero-order valence-electron chi connectivity index (χ0n) is 16.1. The van der Waals surface area contributed by atoms with Crippen molar-refractivity contribution >= 4 is 5.97 Å². The zero-order chi connectivity index (χ0) is 20.1. The Morgan fingerprint density at radius 2 is 1.28 bits per heavy atom. The van der Waals surface area contributed by atoms with Crippen molar-refractivity contribution in [3.8, 4) is 0 Å². The highest BCUT2D eigenvalue weighted by atomic mass is 16.6. The van der Waals surface area contributed by atoms with E-state index >= 15 is 0 Å². The molecule has 148 valence electrons. The van der Waals surface area contributed by atoms with Crippen molar-refractivity contribution in [3.05, 3.63) is 108 Å². The molecule has 0 bridgehead atoms. The Labute approximate surface area is 170 Å². The van der Waals surface area contributed by atoms with Crippen LogP contribution in [0.1, 0.15) is 29.5 Å². The van der Waals surface area contributed by atoms with Gasteiger partial charge < -0.3 is 14.6 Å². The van der Waals surface area contributed by atoms with Crippen LogP contribution in [0.25, 0.3) is 0 Å². The number of esters is 1. The van der Waals surface area contributed by atoms with Gasteiger partial charge in [-0.25, -0.2) is 0 Å². The molecule has 1 aliphatic rings. The summed E-state index contributed by atoms with van der Waals surface area (Å²) in [6.07, 6.45) is -0.760. The number of hydrogen-bond acceptors (Lipinski definition) is 4. The van der Waals surface area contributed by atoms with Gasteiger partial charge in [0.15, 0.2) is 0 Å². The van der Waals surface area contributed by atoms with Crippen LogP contribution in [-0.4, -0.2) is 29.9 Å². The summed E-state index contributed by atoms with van der Waals surface area (Å²) in [7, 11) is 0. The predicted octanol–water partition coefficient (Wildman–Crippen LogP) is 4.06. The molecule has 1 N–H and O–H groups in total. The molecule has 29 heavy (non-hydrogen) atoms. The van der Waals surface area contributed by atoms with E-state index in [1.165, 1.54) is 0 Å². The number of hydrogen-bond donors (Lipinski definition) is 1. The first kappa shape index (κ1) is 19.4. The summed E-state index contributed by atoms with van der Waals surface area (Å²) in [6, 6.07) is 30.1. The fraction of sp³-hybridized carbons (Fsp3) is 0.240. The van der Waals surface area contributed by atoms with E-state index in [1.807, 2.05) is 91.0 Å². The Bertz CT molecular complexity index is 828. The maximum Gasteiger partial charge on any atom is 0.308 e. The molecule has 1 heterocycles. The van der Waals surface area contributed by atoms with Crippen LogP contribution in [0.4, 0.5) is 0 Å². The maximum absolute atomic E-state index is 11.8. The van der Waals surface area contributed by atoms with E-state index in [4.69, 9.17) is 9.47 Å². The highest BCUT2D eigenvalue weighted by Crippen LogP contribution is 2.40. The fourth-order valence-corrected chi connectivity index (χ4v) is 3.95. The highest BCUT2D eigenvalue weighted by Gasteiger charge is 2.39. The van der Waals surface area contributed by atoms with Crippen molar-refractivity contribution in [2.24, 2.45) is 0 Å². The van der Waals surface area contributed by atoms with Crippen molar-refractivity contribution in [1.82, 2.24) is 0 Å². The van der Waals surface area contributed by atoms with Gasteiger partial charge >= 0.3 is 5.97 Å². The lowest BCUT2D eigenvalue weighted by Crippen LogP contribution is -2.40. The summed E-state index contributed by atoms with van der Waals surface area (Å²) < 4.78 is 12.1. The molecule has 0 radical (unpaired) electrons. The summed E-state index contributed by atoms with van der Waals surface area (Å²) in [5.41, 5.74) is 2.10. The second-order valence-corrected chi connectivity index (χ2v) is 7.30. The number of cyclic esters (lactones) is 1. The van der Waals surface area contributed by atoms with Crippen LogP contribution in [-0.2, 0) is 19.9 Å². The van der Waals surface area contributed by atoms with Crippen molar-refractivity contribution < 1.29 is 19.4 Å². The van der Waals surface area contributed by atoms with Crippen molar-refractivity contribution in [3.63, 3.8) is 0 Å². The fourth-order valence-electron chi connectivity index (χ4n) is 3.95. The Kier molecular flexibility index (Phi) is 5.74. The molecule has 1 fully saturated rings. The van der Waals surface area contributed by atoms with Gasteiger partial charge in [0, 0.05) is 6.42 Å². The average Bonchev–Trinajstić information content (AvgIpc) is 2.76. The summed E-state index contributed by atoms with van der Waals surface area (Å²) in [5.74, 6) is -0.387. The summed E-state index contributed by atoms with van der Waals surface area (Å²) in [4.78, 5) is 11.8. The third-order valence-corrected chi connectivity index (χ3v) is 5.26. The minimum Gasteiger partial charge on any atom is -0.460 e. The van der Waals surface area contributed by atoms with Crippen molar-refractivity contribution in [2.75, 3.05) is 6.61 Å². The smallest absolute Gasteiger partial charge is 0.308 e. The van der Waals surface area contributed by atoms with Gasteiger partial charge in [-0.1, -0.05) is 91.0 Å². The third-order valence-electron chi connectivity index (χ3n) is 5.26. The van der Waals surface area contributed by atoms with E-state index in [1.54, 1.807) is 0 Å². The first-order chi connectivity index (χ1) is 14.2. The summed E-state index contributed by atoms with van der Waals surface area (Å²) in [6.45, 7) is 0.182. The van der Waals surface area contributed by atoms with Gasteiger partial charge in [-0.15, -0.1) is 0 Å². The average molecular weight is 388 g/mol. The van der Waals surface area contributed by atoms with Crippen LogP contribution < -0.4 is 0 Å². The van der Waals surface area contributed by atoms with Crippen LogP contribution >= 0.6 is 0 Å². The highest BCUT2D eigenvalue weighted by molar-refractivity contribution is 5.71. The molecule has 0 amide bonds. The number of carbonyl (C=O) groups excluding carboxylic acids is 1. The molecule has 1 aliphatic heterocycles. The van der Waals surface area contributed by atoms with Crippen molar-refractivity contribution in [2.45, 2.75) is 30.7 Å². The monoisotopic (exact) mass is 388 g/mol. The SMILES string of the molecule is O=C1C[C@@H](O)C[C@@H](COC(c2ccccc2)(c2ccccc2)c2ccccc2)O1. The second-order valence-electron chi connectivity index (χ2n) is 7.30. The normalized spacial score (nSPS) is 19.6. The standard InChI is InChI=1S/C25H24O4/c26-22-16-23(29-24(27)17-22)18-28-25(19-10-4-1-5-11-19,20-12-6-2-7-13-20)21-14-8-3-9-15-21/h1-15,22-23,26H,16-18H2/t22-,23-/m0/s1. The molecule has 3 aromatic rings. The molecular weight excluding hydrogens is 364 g/mol. The van der Waals surface area contributed by atoms with E-state index in [0.717, 1.165) is 16.7 Å². The number of aliphatic hydroxyl groups is 1. The van der Waals surface area contributed by atoms with Gasteiger partial charge in [-0.2, -0.15) is 0 Å². The summed E-state index contributed by atoms with van der Waals surface area (Å²) in [5, 5.41) is 9.97. The molecule has 2 atom stereocenters. The van der Waals surface area contributed by atoms with Crippen LogP contribution in [0, 0.1) is 0 Å². The lowest BCUT2D eigenvalue weighted by Gasteiger charge is -2.37. The zero-order valence-corrected chi connectivity index (χ0v) is 16.1. The molecule has 3 aromatic carbocycles. The largest absolute Gasteiger partial charge is 0.460 e.